The fraction of sp³-hybridized carbons (Fsp3) is 0.458. The molecule has 0 aromatic heterocycles. The zero-order chi connectivity index (χ0) is 22.0. The minimum absolute atomic E-state index is 0.729. The van der Waals surface area contributed by atoms with Crippen molar-refractivity contribution in [2.75, 3.05) is 25.6 Å². The predicted octanol–water partition coefficient (Wildman–Crippen LogP) is 2.42. The van der Waals surface area contributed by atoms with Gasteiger partial charge in [-0.15, -0.1) is 0 Å². The monoisotopic (exact) mass is 440 g/mol. The first kappa shape index (κ1) is 22.1. The molecule has 1 aliphatic heterocycles. The highest BCUT2D eigenvalue weighted by Gasteiger charge is 2.25. The van der Waals surface area contributed by atoms with Gasteiger partial charge in [0.25, 0.3) is 0 Å². The fourth-order valence-corrected chi connectivity index (χ4v) is 5.73. The van der Waals surface area contributed by atoms with Crippen molar-refractivity contribution >= 4 is 23.1 Å². The second kappa shape index (κ2) is 9.61. The molecular weight excluding hydrogens is 408 g/mol. The van der Waals surface area contributed by atoms with Crippen LogP contribution in [0.15, 0.2) is 29.2 Å². The highest BCUT2D eigenvalue weighted by molar-refractivity contribution is 7.83. The molecule has 6 nitrogen and oxygen atoms in total. The number of hydrogen-bond acceptors (Lipinski definition) is 4. The molecule has 0 saturated heterocycles. The van der Waals surface area contributed by atoms with E-state index in [1.807, 2.05) is 6.07 Å². The zero-order valence-electron chi connectivity index (χ0n) is 18.4. The zero-order valence-corrected chi connectivity index (χ0v) is 19.3. The van der Waals surface area contributed by atoms with Crippen molar-refractivity contribution < 1.29 is 9.00 Å². The number of fused-ring (bicyclic) bond motifs is 3. The number of amides is 1. The average molecular weight is 441 g/mol. The Bertz CT molecular complexity index is 975. The van der Waals surface area contributed by atoms with Crippen LogP contribution in [0.25, 0.3) is 0 Å². The molecule has 0 spiro atoms. The summed E-state index contributed by atoms with van der Waals surface area (Å²) in [5.41, 5.74) is 9.17. The maximum absolute atomic E-state index is 11.6. The van der Waals surface area contributed by atoms with E-state index >= 15 is 0 Å². The molecule has 0 bridgehead atoms. The number of likely N-dealkylation sites (N-methyl/N-ethyl adjacent to an activating group) is 1. The lowest BCUT2D eigenvalue weighted by Crippen LogP contribution is -2.31. The minimum atomic E-state index is -1.07. The second-order valence-corrected chi connectivity index (χ2v) is 10.0. The Morgan fingerprint density at radius 2 is 1.68 bits per heavy atom. The third kappa shape index (κ3) is 4.60. The van der Waals surface area contributed by atoms with E-state index < -0.39 is 11.0 Å². The molecule has 2 aliphatic carbocycles. The summed E-state index contributed by atoms with van der Waals surface area (Å²) in [6.45, 7) is 2.07. The van der Waals surface area contributed by atoms with Crippen LogP contribution < -0.4 is 15.6 Å². The summed E-state index contributed by atoms with van der Waals surface area (Å²) < 4.78 is 14.3. The Morgan fingerprint density at radius 1 is 1.00 bits per heavy atom. The van der Waals surface area contributed by atoms with Crippen LogP contribution in [-0.4, -0.2) is 36.2 Å². The molecule has 2 aromatic carbocycles. The number of aryl methyl sites for hydroxylation is 2. The predicted molar refractivity (Wildman–Crippen MR) is 125 cm³/mol. The van der Waals surface area contributed by atoms with Crippen molar-refractivity contribution in [1.29, 1.82) is 0 Å². The molecule has 2 aromatic rings. The van der Waals surface area contributed by atoms with E-state index in [-0.39, 0.29) is 0 Å². The lowest BCUT2D eigenvalue weighted by molar-refractivity contribution is -0.107. The number of carbonyl (C=O) groups excluding carboxylic acids is 1. The van der Waals surface area contributed by atoms with Gasteiger partial charge in [-0.3, -0.25) is 9.80 Å². The molecule has 5 rings (SSSR count). The van der Waals surface area contributed by atoms with E-state index in [0.717, 1.165) is 62.2 Å². The first-order chi connectivity index (χ1) is 15.0. The summed E-state index contributed by atoms with van der Waals surface area (Å²) in [5.74, 6) is 5.81. The van der Waals surface area contributed by atoms with Gasteiger partial charge >= 0.3 is 0 Å². The average Bonchev–Trinajstić information content (AvgIpc) is 3.45. The molecule has 1 amide bonds. The Hall–Kier alpha value is -2.06. The SMILES string of the molecule is CNS(=O)c1ccc2c(c1)CN(C)CC2.NN(C=O)c1c2c(cc3c1CCC3)CCC2. The molecule has 1 unspecified atom stereocenters. The van der Waals surface area contributed by atoms with Crippen molar-refractivity contribution in [1.82, 2.24) is 9.62 Å². The molecule has 3 aliphatic rings. The van der Waals surface area contributed by atoms with Gasteiger partial charge in [0.2, 0.25) is 6.41 Å². The molecule has 1 heterocycles. The summed E-state index contributed by atoms with van der Waals surface area (Å²) in [7, 11) is 2.76. The molecule has 0 saturated carbocycles. The van der Waals surface area contributed by atoms with Gasteiger partial charge in [-0.05, 0) is 105 Å². The maximum Gasteiger partial charge on any atom is 0.228 e. The summed E-state index contributed by atoms with van der Waals surface area (Å²) >= 11 is 0. The number of benzene rings is 2. The highest BCUT2D eigenvalue weighted by atomic mass is 32.2. The maximum atomic E-state index is 11.6. The first-order valence-electron chi connectivity index (χ1n) is 11.1. The van der Waals surface area contributed by atoms with Crippen molar-refractivity contribution in [2.24, 2.45) is 5.84 Å². The van der Waals surface area contributed by atoms with Crippen LogP contribution in [0.1, 0.15) is 46.2 Å². The Kier molecular flexibility index (Phi) is 6.86. The van der Waals surface area contributed by atoms with Gasteiger partial charge in [-0.2, -0.15) is 0 Å². The molecule has 0 fully saturated rings. The topological polar surface area (TPSA) is 78.7 Å². The molecule has 7 heteroatoms. The Labute approximate surface area is 187 Å². The largest absolute Gasteiger partial charge is 0.302 e. The molecule has 0 radical (unpaired) electrons. The van der Waals surface area contributed by atoms with Crippen LogP contribution in [0.3, 0.4) is 0 Å². The summed E-state index contributed by atoms with van der Waals surface area (Å²) in [6.07, 6.45) is 8.63. The van der Waals surface area contributed by atoms with E-state index in [9.17, 15) is 9.00 Å². The van der Waals surface area contributed by atoms with Crippen LogP contribution in [0.2, 0.25) is 0 Å². The van der Waals surface area contributed by atoms with Gasteiger partial charge < -0.3 is 4.90 Å². The van der Waals surface area contributed by atoms with E-state index in [2.05, 4.69) is 34.9 Å². The number of nitrogens with one attached hydrogen (secondary N) is 1. The van der Waals surface area contributed by atoms with Crippen molar-refractivity contribution in [3.8, 4) is 0 Å². The van der Waals surface area contributed by atoms with Crippen LogP contribution >= 0.6 is 0 Å². The third-order valence-corrected chi connectivity index (χ3v) is 7.65. The van der Waals surface area contributed by atoms with Gasteiger partial charge in [0.1, 0.15) is 11.0 Å². The Morgan fingerprint density at radius 3 is 2.29 bits per heavy atom. The smallest absolute Gasteiger partial charge is 0.228 e. The van der Waals surface area contributed by atoms with Crippen LogP contribution in [0.5, 0.6) is 0 Å². The quantitative estimate of drug-likeness (QED) is 0.331. The van der Waals surface area contributed by atoms with E-state index in [1.165, 1.54) is 51.2 Å². The number of anilines is 1. The number of nitrogens with zero attached hydrogens (tertiary/aromatic N) is 2. The third-order valence-electron chi connectivity index (χ3n) is 6.59. The highest BCUT2D eigenvalue weighted by Crippen LogP contribution is 2.39. The molecule has 31 heavy (non-hydrogen) atoms. The summed E-state index contributed by atoms with van der Waals surface area (Å²) in [4.78, 5) is 14.1. The molecule has 3 N–H and O–H groups in total. The second-order valence-electron chi connectivity index (χ2n) is 8.61. The van der Waals surface area contributed by atoms with Crippen LogP contribution in [0.4, 0.5) is 5.69 Å². The van der Waals surface area contributed by atoms with E-state index in [4.69, 9.17) is 5.84 Å². The molecule has 166 valence electrons. The lowest BCUT2D eigenvalue weighted by Gasteiger charge is -2.25. The summed E-state index contributed by atoms with van der Waals surface area (Å²) in [6, 6.07) is 8.45. The fourth-order valence-electron chi connectivity index (χ4n) is 5.06. The number of hydrazine groups is 1. The van der Waals surface area contributed by atoms with Gasteiger partial charge in [-0.1, -0.05) is 12.1 Å². The van der Waals surface area contributed by atoms with Gasteiger partial charge in [0, 0.05) is 13.1 Å². The molecule has 1 atom stereocenters. The Balaban J connectivity index is 0.000000150. The lowest BCUT2D eigenvalue weighted by atomic mass is 9.98. The molecular formula is C24H32N4O2S. The first-order valence-corrected chi connectivity index (χ1v) is 12.2. The number of rotatable bonds is 4. The van der Waals surface area contributed by atoms with Crippen molar-refractivity contribution in [3.05, 3.63) is 57.6 Å². The van der Waals surface area contributed by atoms with Crippen LogP contribution in [0, 0.1) is 0 Å². The summed E-state index contributed by atoms with van der Waals surface area (Å²) in [5, 5.41) is 1.29. The van der Waals surface area contributed by atoms with Gasteiger partial charge in [-0.25, -0.2) is 14.8 Å². The number of nitrogens with two attached hydrogens (primary N) is 1. The number of carbonyl (C=O) groups is 1. The van der Waals surface area contributed by atoms with Gasteiger partial charge in [0.15, 0.2) is 0 Å². The van der Waals surface area contributed by atoms with E-state index in [1.54, 1.807) is 7.05 Å². The van der Waals surface area contributed by atoms with Crippen molar-refractivity contribution in [2.45, 2.75) is 56.4 Å². The van der Waals surface area contributed by atoms with Crippen molar-refractivity contribution in [3.63, 3.8) is 0 Å². The van der Waals surface area contributed by atoms with E-state index in [0.29, 0.717) is 0 Å². The normalized spacial score (nSPS) is 17.8. The minimum Gasteiger partial charge on any atom is -0.302 e. The van der Waals surface area contributed by atoms with Gasteiger partial charge in [0.05, 0.1) is 10.6 Å². The standard InChI is InChI=1S/C13H16N2O.C11H16N2OS/c14-15(8-16)13-11-5-1-3-9(11)7-10-4-2-6-12(10)13;1-12-15(14)11-4-3-9-5-6-13(2)8-10(9)7-11/h7-8H,1-6,14H2;3-4,7,12H,5-6,8H2,1-2H3. The van der Waals surface area contributed by atoms with Crippen LogP contribution in [-0.2, 0) is 54.4 Å². The number of hydrogen-bond donors (Lipinski definition) is 2.